The number of nitrogens with one attached hydrogen (secondary N) is 1. The van der Waals surface area contributed by atoms with Crippen molar-refractivity contribution in [2.45, 2.75) is 25.3 Å². The molecule has 1 unspecified atom stereocenters. The van der Waals surface area contributed by atoms with Crippen molar-refractivity contribution >= 4 is 5.82 Å². The van der Waals surface area contributed by atoms with Gasteiger partial charge < -0.3 is 10.2 Å². The minimum atomic E-state index is 0.465. The lowest BCUT2D eigenvalue weighted by molar-refractivity contribution is 0.194. The molecule has 4 nitrogen and oxygen atoms in total. The molecule has 0 bridgehead atoms. The molecule has 2 rings (SSSR count). The van der Waals surface area contributed by atoms with Gasteiger partial charge in [-0.15, -0.1) is 0 Å². The number of rotatable bonds is 3. The van der Waals surface area contributed by atoms with Crippen molar-refractivity contribution in [1.29, 1.82) is 5.26 Å². The smallest absolute Gasteiger partial charge is 0.142 e. The highest BCUT2D eigenvalue weighted by atomic mass is 15.2. The molecule has 2 heterocycles. The van der Waals surface area contributed by atoms with Crippen LogP contribution in [0.15, 0.2) is 18.2 Å². The Labute approximate surface area is 102 Å². The van der Waals surface area contributed by atoms with Crippen LogP contribution in [-0.4, -0.2) is 36.1 Å². The van der Waals surface area contributed by atoms with Crippen LogP contribution in [0.2, 0.25) is 0 Å². The molecule has 17 heavy (non-hydrogen) atoms. The molecule has 1 atom stereocenters. The number of likely N-dealkylation sites (N-methyl/N-ethyl adjacent to an activating group) is 1. The molecule has 90 valence electrons. The number of hydrogen-bond donors (Lipinski definition) is 1. The van der Waals surface area contributed by atoms with E-state index >= 15 is 0 Å². The van der Waals surface area contributed by atoms with Crippen molar-refractivity contribution < 1.29 is 0 Å². The van der Waals surface area contributed by atoms with E-state index in [9.17, 15) is 0 Å². The Morgan fingerprint density at radius 2 is 2.41 bits per heavy atom. The van der Waals surface area contributed by atoms with E-state index in [1.165, 1.54) is 25.8 Å². The zero-order valence-corrected chi connectivity index (χ0v) is 10.2. The summed E-state index contributed by atoms with van der Waals surface area (Å²) >= 11 is 0. The Kier molecular flexibility index (Phi) is 3.94. The molecule has 0 amide bonds. The number of piperidine rings is 1. The Hall–Kier alpha value is -1.60. The molecule has 0 spiro atoms. The molecule has 1 N–H and O–H groups in total. The van der Waals surface area contributed by atoms with Gasteiger partial charge in [0.15, 0.2) is 0 Å². The van der Waals surface area contributed by atoms with Crippen LogP contribution in [0.1, 0.15) is 25.0 Å². The zero-order chi connectivity index (χ0) is 12.1. The van der Waals surface area contributed by atoms with Crippen LogP contribution in [0.5, 0.6) is 0 Å². The van der Waals surface area contributed by atoms with Crippen LogP contribution in [0.3, 0.4) is 0 Å². The predicted molar refractivity (Wildman–Crippen MR) is 67.7 cm³/mol. The van der Waals surface area contributed by atoms with Crippen molar-refractivity contribution in [2.75, 3.05) is 25.5 Å². The van der Waals surface area contributed by atoms with E-state index in [-0.39, 0.29) is 0 Å². The van der Waals surface area contributed by atoms with Gasteiger partial charge in [0.25, 0.3) is 0 Å². The van der Waals surface area contributed by atoms with E-state index in [1.54, 1.807) is 6.07 Å². The highest BCUT2D eigenvalue weighted by Gasteiger charge is 2.18. The molecular weight excluding hydrogens is 212 g/mol. The first-order valence-electron chi connectivity index (χ1n) is 6.11. The Bertz CT molecular complexity index is 410. The third-order valence-electron chi connectivity index (χ3n) is 3.30. The lowest BCUT2D eigenvalue weighted by atomic mass is 10.0. The van der Waals surface area contributed by atoms with Crippen molar-refractivity contribution in [3.05, 3.63) is 23.9 Å². The van der Waals surface area contributed by atoms with Gasteiger partial charge in [-0.3, -0.25) is 0 Å². The van der Waals surface area contributed by atoms with Gasteiger partial charge in [0.05, 0.1) is 0 Å². The average Bonchev–Trinajstić information content (AvgIpc) is 2.38. The van der Waals surface area contributed by atoms with Gasteiger partial charge in [0.2, 0.25) is 0 Å². The minimum Gasteiger partial charge on any atom is -0.368 e. The van der Waals surface area contributed by atoms with E-state index in [4.69, 9.17) is 5.26 Å². The van der Waals surface area contributed by atoms with Crippen molar-refractivity contribution in [3.63, 3.8) is 0 Å². The summed E-state index contributed by atoms with van der Waals surface area (Å²) in [5.41, 5.74) is 0.465. The Morgan fingerprint density at radius 3 is 3.18 bits per heavy atom. The molecule has 0 radical (unpaired) electrons. The molecule has 0 saturated carbocycles. The van der Waals surface area contributed by atoms with Crippen LogP contribution < -0.4 is 5.32 Å². The Balaban J connectivity index is 1.90. The van der Waals surface area contributed by atoms with Crippen LogP contribution in [-0.2, 0) is 0 Å². The van der Waals surface area contributed by atoms with Crippen molar-refractivity contribution in [2.24, 2.45) is 0 Å². The summed E-state index contributed by atoms with van der Waals surface area (Å²) < 4.78 is 0. The largest absolute Gasteiger partial charge is 0.368 e. The second-order valence-corrected chi connectivity index (χ2v) is 4.53. The fourth-order valence-corrected chi connectivity index (χ4v) is 2.22. The predicted octanol–water partition coefficient (Wildman–Crippen LogP) is 1.85. The second kappa shape index (κ2) is 5.65. The first-order valence-corrected chi connectivity index (χ1v) is 6.11. The fraction of sp³-hybridized carbons (Fsp3) is 0.538. The number of pyridine rings is 1. The van der Waals surface area contributed by atoms with Gasteiger partial charge in [-0.1, -0.05) is 12.5 Å². The van der Waals surface area contributed by atoms with E-state index < -0.39 is 0 Å². The topological polar surface area (TPSA) is 52.0 Å². The maximum Gasteiger partial charge on any atom is 0.142 e. The summed E-state index contributed by atoms with van der Waals surface area (Å²) in [6.45, 7) is 2.08. The maximum absolute atomic E-state index is 8.77. The van der Waals surface area contributed by atoms with E-state index in [0.717, 1.165) is 12.4 Å². The third kappa shape index (κ3) is 3.18. The first-order chi connectivity index (χ1) is 8.29. The van der Waals surface area contributed by atoms with Crippen LogP contribution in [0, 0.1) is 11.3 Å². The molecule has 1 aromatic heterocycles. The van der Waals surface area contributed by atoms with E-state index in [0.29, 0.717) is 11.7 Å². The highest BCUT2D eigenvalue weighted by Crippen LogP contribution is 2.15. The number of aromatic nitrogens is 1. The first kappa shape index (κ1) is 11.9. The summed E-state index contributed by atoms with van der Waals surface area (Å²) in [7, 11) is 2.17. The van der Waals surface area contributed by atoms with E-state index in [1.807, 2.05) is 12.1 Å². The molecule has 1 fully saturated rings. The normalized spacial score (nSPS) is 20.8. The van der Waals surface area contributed by atoms with Gasteiger partial charge in [-0.25, -0.2) is 4.98 Å². The van der Waals surface area contributed by atoms with Gasteiger partial charge in [0, 0.05) is 12.6 Å². The van der Waals surface area contributed by atoms with Crippen molar-refractivity contribution in [1.82, 2.24) is 9.88 Å². The van der Waals surface area contributed by atoms with Crippen LogP contribution in [0.4, 0.5) is 5.82 Å². The SMILES string of the molecule is CN1CCCCC1CNc1cccc(C#N)n1. The number of nitriles is 1. The fourth-order valence-electron chi connectivity index (χ4n) is 2.22. The summed E-state index contributed by atoms with van der Waals surface area (Å²) in [5, 5.41) is 12.1. The third-order valence-corrected chi connectivity index (χ3v) is 3.30. The molecule has 1 aliphatic rings. The Morgan fingerprint density at radius 1 is 1.53 bits per heavy atom. The van der Waals surface area contributed by atoms with Crippen LogP contribution >= 0.6 is 0 Å². The average molecular weight is 230 g/mol. The molecule has 1 aromatic rings. The van der Waals surface area contributed by atoms with Crippen molar-refractivity contribution in [3.8, 4) is 6.07 Å². The summed E-state index contributed by atoms with van der Waals surface area (Å²) in [6.07, 6.45) is 3.85. The molecule has 0 aliphatic carbocycles. The van der Waals surface area contributed by atoms with Gasteiger partial charge in [-0.05, 0) is 38.6 Å². The number of anilines is 1. The summed E-state index contributed by atoms with van der Waals surface area (Å²) in [5.74, 6) is 0.794. The van der Waals surface area contributed by atoms with Gasteiger partial charge in [0.1, 0.15) is 17.6 Å². The molecule has 0 aromatic carbocycles. The number of nitrogens with zero attached hydrogens (tertiary/aromatic N) is 3. The standard InChI is InChI=1S/C13H18N4/c1-17-8-3-2-6-12(17)10-15-13-7-4-5-11(9-14)16-13/h4-5,7,12H,2-3,6,8,10H2,1H3,(H,15,16). The summed E-state index contributed by atoms with van der Waals surface area (Å²) in [4.78, 5) is 6.60. The summed E-state index contributed by atoms with van der Waals surface area (Å²) in [6, 6.07) is 8.12. The highest BCUT2D eigenvalue weighted by molar-refractivity contribution is 5.38. The quantitative estimate of drug-likeness (QED) is 0.861. The zero-order valence-electron chi connectivity index (χ0n) is 10.2. The lowest BCUT2D eigenvalue weighted by Gasteiger charge is -2.32. The maximum atomic E-state index is 8.77. The van der Waals surface area contributed by atoms with Gasteiger partial charge in [-0.2, -0.15) is 5.26 Å². The lowest BCUT2D eigenvalue weighted by Crippen LogP contribution is -2.40. The molecule has 1 saturated heterocycles. The van der Waals surface area contributed by atoms with Crippen LogP contribution in [0.25, 0.3) is 0 Å². The minimum absolute atomic E-state index is 0.465. The number of likely N-dealkylation sites (tertiary alicyclic amines) is 1. The number of hydrogen-bond acceptors (Lipinski definition) is 4. The molecular formula is C13H18N4. The molecule has 4 heteroatoms. The van der Waals surface area contributed by atoms with Gasteiger partial charge >= 0.3 is 0 Å². The monoisotopic (exact) mass is 230 g/mol. The second-order valence-electron chi connectivity index (χ2n) is 4.53. The molecule has 1 aliphatic heterocycles. The van der Waals surface area contributed by atoms with E-state index in [2.05, 4.69) is 28.3 Å².